The molecule has 1 saturated carbocycles. The van der Waals surface area contributed by atoms with Crippen LogP contribution in [0.3, 0.4) is 0 Å². The second-order valence-electron chi connectivity index (χ2n) is 3.23. The molecule has 0 aromatic heterocycles. The van der Waals surface area contributed by atoms with Crippen molar-refractivity contribution in [3.63, 3.8) is 0 Å². The Labute approximate surface area is 81.0 Å². The molecule has 0 spiro atoms. The third-order valence-corrected chi connectivity index (χ3v) is 2.59. The molecular formula is C9H8ClN3. The molecule has 0 radical (unpaired) electrons. The molecule has 3 nitrogen and oxygen atoms in total. The largest absolute Gasteiger partial charge is 0.0843 e. The van der Waals surface area contributed by atoms with Gasteiger partial charge in [0, 0.05) is 9.93 Å². The molecule has 0 heterocycles. The predicted octanol–water partition coefficient (Wildman–Crippen LogP) is 3.64. The second kappa shape index (κ2) is 2.95. The highest BCUT2D eigenvalue weighted by Crippen LogP contribution is 2.49. The van der Waals surface area contributed by atoms with Crippen molar-refractivity contribution in [3.8, 4) is 0 Å². The molecule has 0 amide bonds. The maximum absolute atomic E-state index is 8.39. The first kappa shape index (κ1) is 8.42. The third-order valence-electron chi connectivity index (χ3n) is 2.34. The quantitative estimate of drug-likeness (QED) is 0.391. The molecule has 0 unspecified atom stereocenters. The molecule has 1 aliphatic rings. The van der Waals surface area contributed by atoms with Crippen LogP contribution in [0.1, 0.15) is 18.4 Å². The lowest BCUT2D eigenvalue weighted by Gasteiger charge is -2.07. The summed E-state index contributed by atoms with van der Waals surface area (Å²) in [6.07, 6.45) is 1.89. The Morgan fingerprint density at radius 3 is 2.38 bits per heavy atom. The average molecular weight is 194 g/mol. The van der Waals surface area contributed by atoms with Crippen molar-refractivity contribution in [2.24, 2.45) is 5.11 Å². The second-order valence-corrected chi connectivity index (χ2v) is 3.66. The normalized spacial score (nSPS) is 17.6. The van der Waals surface area contributed by atoms with Gasteiger partial charge in [0.15, 0.2) is 0 Å². The minimum atomic E-state index is -0.265. The molecule has 4 heteroatoms. The van der Waals surface area contributed by atoms with Gasteiger partial charge in [0.25, 0.3) is 0 Å². The molecule has 0 saturated heterocycles. The number of nitrogens with zero attached hydrogens (tertiary/aromatic N) is 3. The molecule has 1 aliphatic carbocycles. The van der Waals surface area contributed by atoms with E-state index in [-0.39, 0.29) is 5.54 Å². The fourth-order valence-corrected chi connectivity index (χ4v) is 1.54. The van der Waals surface area contributed by atoms with E-state index >= 15 is 0 Å². The van der Waals surface area contributed by atoms with E-state index in [0.717, 1.165) is 18.4 Å². The Morgan fingerprint density at radius 1 is 1.31 bits per heavy atom. The molecule has 1 aromatic carbocycles. The highest BCUT2D eigenvalue weighted by Gasteiger charge is 2.43. The van der Waals surface area contributed by atoms with Gasteiger partial charge in [-0.2, -0.15) is 0 Å². The number of benzene rings is 1. The van der Waals surface area contributed by atoms with E-state index < -0.39 is 0 Å². The molecule has 13 heavy (non-hydrogen) atoms. The van der Waals surface area contributed by atoms with Crippen molar-refractivity contribution in [2.75, 3.05) is 0 Å². The van der Waals surface area contributed by atoms with E-state index in [0.29, 0.717) is 5.02 Å². The summed E-state index contributed by atoms with van der Waals surface area (Å²) < 4.78 is 0. The molecule has 1 aromatic rings. The van der Waals surface area contributed by atoms with Crippen molar-refractivity contribution in [3.05, 3.63) is 45.3 Å². The van der Waals surface area contributed by atoms with E-state index in [9.17, 15) is 0 Å². The van der Waals surface area contributed by atoms with Crippen molar-refractivity contribution in [1.82, 2.24) is 0 Å². The zero-order chi connectivity index (χ0) is 9.31. The van der Waals surface area contributed by atoms with E-state index in [1.807, 2.05) is 24.3 Å². The summed E-state index contributed by atoms with van der Waals surface area (Å²) in [4.78, 5) is 2.86. The maximum Gasteiger partial charge on any atom is 0.0738 e. The summed E-state index contributed by atoms with van der Waals surface area (Å²) in [7, 11) is 0. The Hall–Kier alpha value is -1.18. The fraction of sp³-hybridized carbons (Fsp3) is 0.333. The molecule has 0 bridgehead atoms. The van der Waals surface area contributed by atoms with Crippen LogP contribution in [0.25, 0.3) is 10.4 Å². The van der Waals surface area contributed by atoms with Gasteiger partial charge in [0.1, 0.15) is 0 Å². The van der Waals surface area contributed by atoms with Crippen molar-refractivity contribution >= 4 is 11.6 Å². The monoisotopic (exact) mass is 193 g/mol. The van der Waals surface area contributed by atoms with Crippen LogP contribution in [0, 0.1) is 0 Å². The van der Waals surface area contributed by atoms with Gasteiger partial charge >= 0.3 is 0 Å². The third kappa shape index (κ3) is 1.48. The van der Waals surface area contributed by atoms with Crippen molar-refractivity contribution in [2.45, 2.75) is 18.4 Å². The van der Waals surface area contributed by atoms with Crippen LogP contribution in [0.15, 0.2) is 29.4 Å². The van der Waals surface area contributed by atoms with Gasteiger partial charge in [-0.1, -0.05) is 28.8 Å². The van der Waals surface area contributed by atoms with Gasteiger partial charge in [-0.05, 0) is 36.1 Å². The first-order valence-electron chi connectivity index (χ1n) is 4.09. The first-order chi connectivity index (χ1) is 6.27. The first-order valence-corrected chi connectivity index (χ1v) is 4.47. The topological polar surface area (TPSA) is 48.8 Å². The highest BCUT2D eigenvalue weighted by molar-refractivity contribution is 6.30. The minimum absolute atomic E-state index is 0.265. The van der Waals surface area contributed by atoms with Crippen LogP contribution >= 0.6 is 11.6 Å². The Balaban J connectivity index is 2.35. The molecule has 0 N–H and O–H groups in total. The lowest BCUT2D eigenvalue weighted by molar-refractivity contribution is 0.731. The smallest absolute Gasteiger partial charge is 0.0738 e. The fourth-order valence-electron chi connectivity index (χ4n) is 1.41. The highest BCUT2D eigenvalue weighted by atomic mass is 35.5. The Kier molecular flexibility index (Phi) is 1.91. The van der Waals surface area contributed by atoms with Gasteiger partial charge < -0.3 is 0 Å². The van der Waals surface area contributed by atoms with Crippen LogP contribution < -0.4 is 0 Å². The van der Waals surface area contributed by atoms with Crippen LogP contribution in [0.5, 0.6) is 0 Å². The SMILES string of the molecule is [N-]=[N+]=NC1(c2ccc(Cl)cc2)CC1. The Bertz CT molecular complexity index is 361. The van der Waals surface area contributed by atoms with Crippen LogP contribution in [0.2, 0.25) is 5.02 Å². The van der Waals surface area contributed by atoms with Gasteiger partial charge in [0.05, 0.1) is 5.54 Å². The number of rotatable bonds is 2. The lowest BCUT2D eigenvalue weighted by Crippen LogP contribution is -1.99. The van der Waals surface area contributed by atoms with Gasteiger partial charge in [0.2, 0.25) is 0 Å². The summed E-state index contributed by atoms with van der Waals surface area (Å²) >= 11 is 5.76. The molecular weight excluding hydrogens is 186 g/mol. The summed E-state index contributed by atoms with van der Waals surface area (Å²) in [5.74, 6) is 0. The standard InChI is InChI=1S/C9H8ClN3/c10-8-3-1-7(2-4-8)9(5-6-9)12-13-11/h1-4H,5-6H2. The minimum Gasteiger partial charge on any atom is -0.0843 e. The van der Waals surface area contributed by atoms with Gasteiger partial charge in [-0.15, -0.1) is 0 Å². The summed E-state index contributed by atoms with van der Waals surface area (Å²) in [6.45, 7) is 0. The van der Waals surface area contributed by atoms with Crippen molar-refractivity contribution in [1.29, 1.82) is 0 Å². The molecule has 66 valence electrons. The molecule has 0 atom stereocenters. The van der Waals surface area contributed by atoms with Gasteiger partial charge in [-0.25, -0.2) is 0 Å². The van der Waals surface area contributed by atoms with E-state index in [2.05, 4.69) is 10.0 Å². The number of hydrogen-bond acceptors (Lipinski definition) is 1. The summed E-state index contributed by atoms with van der Waals surface area (Å²) in [5.41, 5.74) is 9.19. The van der Waals surface area contributed by atoms with Crippen molar-refractivity contribution < 1.29 is 0 Å². The molecule has 2 rings (SSSR count). The zero-order valence-electron chi connectivity index (χ0n) is 6.94. The summed E-state index contributed by atoms with van der Waals surface area (Å²) in [6, 6.07) is 7.49. The van der Waals surface area contributed by atoms with E-state index in [1.54, 1.807) is 0 Å². The lowest BCUT2D eigenvalue weighted by atomic mass is 10.1. The van der Waals surface area contributed by atoms with E-state index in [4.69, 9.17) is 17.1 Å². The zero-order valence-corrected chi connectivity index (χ0v) is 7.70. The maximum atomic E-state index is 8.39. The molecule has 1 fully saturated rings. The Morgan fingerprint density at radius 2 is 1.92 bits per heavy atom. The van der Waals surface area contributed by atoms with Crippen LogP contribution in [-0.4, -0.2) is 0 Å². The number of hydrogen-bond donors (Lipinski definition) is 0. The number of halogens is 1. The average Bonchev–Trinajstić information content (AvgIpc) is 2.87. The number of azide groups is 1. The van der Waals surface area contributed by atoms with Crippen LogP contribution in [-0.2, 0) is 5.54 Å². The van der Waals surface area contributed by atoms with Crippen LogP contribution in [0.4, 0.5) is 0 Å². The molecule has 0 aliphatic heterocycles. The summed E-state index contributed by atoms with van der Waals surface area (Å²) in [5, 5.41) is 4.51. The van der Waals surface area contributed by atoms with Gasteiger partial charge in [-0.3, -0.25) is 0 Å². The van der Waals surface area contributed by atoms with E-state index in [1.165, 1.54) is 0 Å². The predicted molar refractivity (Wildman–Crippen MR) is 51.5 cm³/mol.